The third-order valence-corrected chi connectivity index (χ3v) is 4.67. The molecule has 132 valence electrons. The first kappa shape index (κ1) is 19.1. The Kier molecular flexibility index (Phi) is 6.73. The molecule has 0 aromatic heterocycles. The van der Waals surface area contributed by atoms with Gasteiger partial charge in [-0.25, -0.2) is 0 Å². The molecule has 0 radical (unpaired) electrons. The smallest absolute Gasteiger partial charge is 0.101 e. The predicted molar refractivity (Wildman–Crippen MR) is 109 cm³/mol. The van der Waals surface area contributed by atoms with Crippen molar-refractivity contribution in [3.05, 3.63) is 57.6 Å². The quantitative estimate of drug-likeness (QED) is 0.526. The minimum atomic E-state index is 0.972. The SMILES string of the molecule is CCc1cc(C)cc(CC)c1N=C=Nc1c(CC)cc(C)cc1CC. The molecule has 0 amide bonds. The van der Waals surface area contributed by atoms with Crippen molar-refractivity contribution in [3.8, 4) is 0 Å². The predicted octanol–water partition coefficient (Wildman–Crippen LogP) is 6.69. The van der Waals surface area contributed by atoms with E-state index in [1.54, 1.807) is 0 Å². The Morgan fingerprint density at radius 1 is 0.600 bits per heavy atom. The van der Waals surface area contributed by atoms with E-state index in [9.17, 15) is 0 Å². The van der Waals surface area contributed by atoms with E-state index in [0.717, 1.165) is 37.1 Å². The van der Waals surface area contributed by atoms with Gasteiger partial charge in [-0.05, 0) is 61.8 Å². The molecule has 0 aliphatic heterocycles. The van der Waals surface area contributed by atoms with Gasteiger partial charge in [0, 0.05) is 0 Å². The maximum atomic E-state index is 4.64. The normalized spacial score (nSPS) is 10.5. The van der Waals surface area contributed by atoms with Gasteiger partial charge in [-0.3, -0.25) is 0 Å². The van der Waals surface area contributed by atoms with Gasteiger partial charge in [-0.2, -0.15) is 9.98 Å². The summed E-state index contributed by atoms with van der Waals surface area (Å²) in [6.45, 7) is 13.0. The van der Waals surface area contributed by atoms with E-state index in [2.05, 4.69) is 81.8 Å². The average molecular weight is 335 g/mol. The van der Waals surface area contributed by atoms with Crippen LogP contribution in [0.25, 0.3) is 0 Å². The molecule has 0 atom stereocenters. The first-order valence-electron chi connectivity index (χ1n) is 9.45. The molecule has 0 saturated carbocycles. The summed E-state index contributed by atoms with van der Waals surface area (Å²) in [5.74, 6) is 0. The van der Waals surface area contributed by atoms with Crippen molar-refractivity contribution in [2.45, 2.75) is 67.2 Å². The van der Waals surface area contributed by atoms with Gasteiger partial charge in [0.1, 0.15) is 6.01 Å². The molecule has 2 aromatic carbocycles. The van der Waals surface area contributed by atoms with Crippen molar-refractivity contribution in [1.82, 2.24) is 0 Å². The van der Waals surface area contributed by atoms with E-state index in [1.165, 1.54) is 33.4 Å². The van der Waals surface area contributed by atoms with Gasteiger partial charge in [0.2, 0.25) is 0 Å². The Balaban J connectivity index is 2.54. The fraction of sp³-hybridized carbons (Fsp3) is 0.435. The molecule has 0 spiro atoms. The summed E-state index contributed by atoms with van der Waals surface area (Å²) in [7, 11) is 0. The van der Waals surface area contributed by atoms with Crippen LogP contribution in [0.15, 0.2) is 34.3 Å². The van der Waals surface area contributed by atoms with Gasteiger partial charge >= 0.3 is 0 Å². The molecular formula is C23H30N2. The zero-order chi connectivity index (χ0) is 18.4. The molecule has 25 heavy (non-hydrogen) atoms. The van der Waals surface area contributed by atoms with Crippen LogP contribution in [0.3, 0.4) is 0 Å². The van der Waals surface area contributed by atoms with Crippen molar-refractivity contribution in [2.24, 2.45) is 9.98 Å². The van der Waals surface area contributed by atoms with Crippen LogP contribution < -0.4 is 0 Å². The number of rotatable bonds is 6. The molecule has 0 unspecified atom stereocenters. The van der Waals surface area contributed by atoms with Crippen LogP contribution in [-0.2, 0) is 25.7 Å². The first-order valence-corrected chi connectivity index (χ1v) is 9.45. The molecule has 2 aromatic rings. The highest BCUT2D eigenvalue weighted by molar-refractivity contribution is 5.66. The number of nitrogens with zero attached hydrogens (tertiary/aromatic N) is 2. The first-order chi connectivity index (χ1) is 12.0. The molecule has 2 heteroatoms. The maximum absolute atomic E-state index is 4.64. The highest BCUT2D eigenvalue weighted by Gasteiger charge is 2.08. The van der Waals surface area contributed by atoms with E-state index in [1.807, 2.05) is 0 Å². The van der Waals surface area contributed by atoms with Crippen LogP contribution in [-0.4, -0.2) is 6.01 Å². The third-order valence-electron chi connectivity index (χ3n) is 4.67. The van der Waals surface area contributed by atoms with Crippen LogP contribution in [0.2, 0.25) is 0 Å². The summed E-state index contributed by atoms with van der Waals surface area (Å²) in [6, 6.07) is 11.9. The van der Waals surface area contributed by atoms with Gasteiger partial charge in [0.25, 0.3) is 0 Å². The van der Waals surface area contributed by atoms with Crippen molar-refractivity contribution < 1.29 is 0 Å². The van der Waals surface area contributed by atoms with Crippen molar-refractivity contribution in [2.75, 3.05) is 0 Å². The zero-order valence-electron chi connectivity index (χ0n) is 16.5. The molecule has 0 aliphatic carbocycles. The lowest BCUT2D eigenvalue weighted by molar-refractivity contribution is 1.06. The lowest BCUT2D eigenvalue weighted by Gasteiger charge is -2.10. The Morgan fingerprint density at radius 3 is 1.12 bits per heavy atom. The molecule has 0 aliphatic rings. The monoisotopic (exact) mass is 334 g/mol. The average Bonchev–Trinajstić information content (AvgIpc) is 2.62. The lowest BCUT2D eigenvalue weighted by atomic mass is 10.00. The Morgan fingerprint density at radius 2 is 0.880 bits per heavy atom. The highest BCUT2D eigenvalue weighted by atomic mass is 14.8. The largest absolute Gasteiger partial charge is 0.187 e. The van der Waals surface area contributed by atoms with Gasteiger partial charge < -0.3 is 0 Å². The van der Waals surface area contributed by atoms with E-state index in [4.69, 9.17) is 0 Å². The van der Waals surface area contributed by atoms with Gasteiger partial charge in [0.15, 0.2) is 0 Å². The summed E-state index contributed by atoms with van der Waals surface area (Å²) >= 11 is 0. The lowest BCUT2D eigenvalue weighted by Crippen LogP contribution is -1.92. The fourth-order valence-corrected chi connectivity index (χ4v) is 3.36. The number of benzene rings is 2. The molecule has 0 bridgehead atoms. The molecule has 0 heterocycles. The summed E-state index contributed by atoms with van der Waals surface area (Å²) in [5, 5.41) is 0. The van der Waals surface area contributed by atoms with Crippen LogP contribution in [0.5, 0.6) is 0 Å². The second-order valence-corrected chi connectivity index (χ2v) is 6.60. The zero-order valence-corrected chi connectivity index (χ0v) is 16.5. The topological polar surface area (TPSA) is 24.7 Å². The Hall–Kier alpha value is -2.18. The summed E-state index contributed by atoms with van der Waals surface area (Å²) in [6.07, 6.45) is 3.89. The van der Waals surface area contributed by atoms with Crippen molar-refractivity contribution in [3.63, 3.8) is 0 Å². The molecule has 0 saturated heterocycles. The number of hydrogen-bond donors (Lipinski definition) is 0. The van der Waals surface area contributed by atoms with E-state index in [0.29, 0.717) is 0 Å². The van der Waals surface area contributed by atoms with E-state index in [-0.39, 0.29) is 0 Å². The summed E-state index contributed by atoms with van der Waals surface area (Å²) in [5.41, 5.74) is 9.77. The second-order valence-electron chi connectivity index (χ2n) is 6.60. The van der Waals surface area contributed by atoms with Crippen molar-refractivity contribution in [1.29, 1.82) is 0 Å². The molecular weight excluding hydrogens is 304 g/mol. The number of hydrogen-bond acceptors (Lipinski definition) is 2. The standard InChI is InChI=1S/C23H30N2/c1-7-18-11-16(5)12-19(8-2)22(18)24-15-25-23-20(9-3)13-17(6)14-21(23)10-4/h11-14H,7-10H2,1-6H3. The van der Waals surface area contributed by atoms with Gasteiger partial charge in [-0.15, -0.1) is 0 Å². The second kappa shape index (κ2) is 8.78. The van der Waals surface area contributed by atoms with Crippen LogP contribution >= 0.6 is 0 Å². The van der Waals surface area contributed by atoms with Crippen LogP contribution in [0, 0.1) is 13.8 Å². The third kappa shape index (κ3) is 4.46. The summed E-state index contributed by atoms with van der Waals surface area (Å²) in [4.78, 5) is 9.28. The summed E-state index contributed by atoms with van der Waals surface area (Å²) < 4.78 is 0. The maximum Gasteiger partial charge on any atom is 0.101 e. The van der Waals surface area contributed by atoms with Crippen LogP contribution in [0.1, 0.15) is 61.1 Å². The highest BCUT2D eigenvalue weighted by Crippen LogP contribution is 2.29. The van der Waals surface area contributed by atoms with Crippen molar-refractivity contribution >= 4 is 17.4 Å². The van der Waals surface area contributed by atoms with E-state index < -0.39 is 0 Å². The molecule has 2 rings (SSSR count). The fourth-order valence-electron chi connectivity index (χ4n) is 3.36. The number of aliphatic imine (C=N–C) groups is 2. The van der Waals surface area contributed by atoms with Crippen LogP contribution in [0.4, 0.5) is 11.4 Å². The molecule has 0 N–H and O–H groups in total. The minimum Gasteiger partial charge on any atom is -0.187 e. The minimum absolute atomic E-state index is 0.972. The Labute approximate surface area is 152 Å². The number of aryl methyl sites for hydroxylation is 6. The Bertz CT molecular complexity index is 693. The molecule has 2 nitrogen and oxygen atoms in total. The van der Waals surface area contributed by atoms with E-state index >= 15 is 0 Å². The molecule has 0 fully saturated rings. The van der Waals surface area contributed by atoms with Gasteiger partial charge in [-0.1, -0.05) is 63.1 Å². The van der Waals surface area contributed by atoms with Gasteiger partial charge in [0.05, 0.1) is 11.4 Å².